The van der Waals surface area contributed by atoms with E-state index in [2.05, 4.69) is 0 Å². The van der Waals surface area contributed by atoms with Crippen molar-refractivity contribution in [1.29, 1.82) is 0 Å². The van der Waals surface area contributed by atoms with Crippen LogP contribution in [0.3, 0.4) is 0 Å². The van der Waals surface area contributed by atoms with Crippen LogP contribution in [0.5, 0.6) is 0 Å². The van der Waals surface area contributed by atoms with Gasteiger partial charge in [-0.3, -0.25) is 9.59 Å². The van der Waals surface area contributed by atoms with E-state index in [1.165, 1.54) is 0 Å². The molecule has 19 heavy (non-hydrogen) atoms. The third-order valence-electron chi connectivity index (χ3n) is 3.44. The number of carbonyl (C=O) groups is 2. The zero-order valence-electron chi connectivity index (χ0n) is 13.9. The monoisotopic (exact) mass is 270 g/mol. The van der Waals surface area contributed by atoms with Crippen LogP contribution in [0.15, 0.2) is 0 Å². The number of hydrogen-bond acceptors (Lipinski definition) is 2. The molecule has 2 atom stereocenters. The van der Waals surface area contributed by atoms with E-state index in [4.69, 9.17) is 0 Å². The van der Waals surface area contributed by atoms with Crippen molar-refractivity contribution in [3.63, 3.8) is 0 Å². The molecule has 0 aliphatic heterocycles. The zero-order valence-corrected chi connectivity index (χ0v) is 13.9. The molecule has 0 spiro atoms. The highest BCUT2D eigenvalue weighted by Crippen LogP contribution is 2.37. The summed E-state index contributed by atoms with van der Waals surface area (Å²) in [7, 11) is 6.99. The van der Waals surface area contributed by atoms with Crippen LogP contribution in [0, 0.1) is 23.2 Å². The first-order valence-corrected chi connectivity index (χ1v) is 6.83. The Morgan fingerprint density at radius 2 is 1.21 bits per heavy atom. The van der Waals surface area contributed by atoms with E-state index in [1.807, 2.05) is 34.6 Å². The minimum atomic E-state index is -0.308. The Morgan fingerprint density at radius 3 is 1.42 bits per heavy atom. The second-order valence-corrected chi connectivity index (χ2v) is 7.08. The Hall–Kier alpha value is -1.06. The lowest BCUT2D eigenvalue weighted by atomic mass is 9.68. The fourth-order valence-corrected chi connectivity index (χ4v) is 2.45. The average molecular weight is 270 g/mol. The summed E-state index contributed by atoms with van der Waals surface area (Å²) < 4.78 is 0. The molecule has 0 aromatic heterocycles. The smallest absolute Gasteiger partial charge is 0.226 e. The highest BCUT2D eigenvalue weighted by Gasteiger charge is 2.44. The van der Waals surface area contributed by atoms with Gasteiger partial charge in [-0.15, -0.1) is 0 Å². The highest BCUT2D eigenvalue weighted by atomic mass is 16.2. The molecular formula is C15H30N2O2. The first kappa shape index (κ1) is 17.9. The van der Waals surface area contributed by atoms with Crippen LogP contribution in [0.25, 0.3) is 0 Å². The Bertz CT molecular complexity index is 328. The first-order chi connectivity index (χ1) is 8.41. The predicted octanol–water partition coefficient (Wildman–Crippen LogP) is 2.10. The van der Waals surface area contributed by atoms with E-state index in [-0.39, 0.29) is 35.0 Å². The molecule has 0 heterocycles. The van der Waals surface area contributed by atoms with Crippen LogP contribution in [0.2, 0.25) is 0 Å². The van der Waals surface area contributed by atoms with E-state index >= 15 is 0 Å². The Balaban J connectivity index is 5.66. The molecule has 0 saturated carbocycles. The molecule has 0 N–H and O–H groups in total. The molecular weight excluding hydrogens is 240 g/mol. The van der Waals surface area contributed by atoms with Crippen molar-refractivity contribution in [2.75, 3.05) is 28.2 Å². The summed E-state index contributed by atoms with van der Waals surface area (Å²) >= 11 is 0. The van der Waals surface area contributed by atoms with Gasteiger partial charge in [-0.05, 0) is 11.3 Å². The minimum Gasteiger partial charge on any atom is -0.349 e. The first-order valence-electron chi connectivity index (χ1n) is 6.83. The summed E-state index contributed by atoms with van der Waals surface area (Å²) in [5.74, 6) is -0.406. The highest BCUT2D eigenvalue weighted by molar-refractivity contribution is 5.88. The molecule has 0 aliphatic carbocycles. The van der Waals surface area contributed by atoms with E-state index < -0.39 is 0 Å². The minimum absolute atomic E-state index is 0.0291. The third kappa shape index (κ3) is 4.51. The van der Waals surface area contributed by atoms with Gasteiger partial charge in [-0.25, -0.2) is 0 Å². The SMILES string of the molecule is CC(C)C(C(=O)N(C)C)C(C(=O)N(C)C)C(C)(C)C. The van der Waals surface area contributed by atoms with Crippen LogP contribution in [-0.2, 0) is 9.59 Å². The van der Waals surface area contributed by atoms with E-state index in [9.17, 15) is 9.59 Å². The van der Waals surface area contributed by atoms with Gasteiger partial charge in [0.1, 0.15) is 0 Å². The van der Waals surface area contributed by atoms with E-state index in [1.54, 1.807) is 38.0 Å². The van der Waals surface area contributed by atoms with Crippen molar-refractivity contribution in [2.45, 2.75) is 34.6 Å². The standard InChI is InChI=1S/C15H30N2O2/c1-10(2)11(13(18)16(6)7)12(15(3,4)5)14(19)17(8)9/h10-12H,1-9H3. The summed E-state index contributed by atoms with van der Waals surface area (Å²) in [4.78, 5) is 28.2. The second-order valence-electron chi connectivity index (χ2n) is 7.08. The third-order valence-corrected chi connectivity index (χ3v) is 3.44. The summed E-state index contributed by atoms with van der Waals surface area (Å²) in [6.45, 7) is 10.1. The fourth-order valence-electron chi connectivity index (χ4n) is 2.45. The van der Waals surface area contributed by atoms with Gasteiger partial charge >= 0.3 is 0 Å². The molecule has 0 saturated heterocycles. The van der Waals surface area contributed by atoms with Crippen molar-refractivity contribution in [3.05, 3.63) is 0 Å². The predicted molar refractivity (Wildman–Crippen MR) is 78.7 cm³/mol. The van der Waals surface area contributed by atoms with Crippen LogP contribution < -0.4 is 0 Å². The van der Waals surface area contributed by atoms with Gasteiger partial charge < -0.3 is 9.80 Å². The normalized spacial score (nSPS) is 15.1. The van der Waals surface area contributed by atoms with Crippen LogP contribution in [0.1, 0.15) is 34.6 Å². The van der Waals surface area contributed by atoms with Gasteiger partial charge in [-0.2, -0.15) is 0 Å². The van der Waals surface area contributed by atoms with Crippen molar-refractivity contribution in [2.24, 2.45) is 23.2 Å². The van der Waals surface area contributed by atoms with Crippen LogP contribution in [0.4, 0.5) is 0 Å². The Morgan fingerprint density at radius 1 is 0.842 bits per heavy atom. The molecule has 0 aromatic rings. The number of rotatable bonds is 4. The van der Waals surface area contributed by atoms with E-state index in [0.717, 1.165) is 0 Å². The molecule has 4 heteroatoms. The lowest BCUT2D eigenvalue weighted by Gasteiger charge is -2.39. The van der Waals surface area contributed by atoms with Gasteiger partial charge in [0.25, 0.3) is 0 Å². The van der Waals surface area contributed by atoms with Crippen molar-refractivity contribution in [3.8, 4) is 0 Å². The maximum atomic E-state index is 12.5. The van der Waals surface area contributed by atoms with Crippen molar-refractivity contribution >= 4 is 11.8 Å². The van der Waals surface area contributed by atoms with Gasteiger partial charge in [0.05, 0.1) is 11.8 Å². The summed E-state index contributed by atoms with van der Waals surface area (Å²) in [5.41, 5.74) is -0.248. The molecule has 0 aliphatic rings. The lowest BCUT2D eigenvalue weighted by molar-refractivity contribution is -0.150. The summed E-state index contributed by atoms with van der Waals surface area (Å²) in [5, 5.41) is 0. The Labute approximate surface area is 118 Å². The molecule has 2 amide bonds. The molecule has 0 aromatic carbocycles. The maximum absolute atomic E-state index is 12.5. The number of carbonyl (C=O) groups excluding carboxylic acids is 2. The van der Waals surface area contributed by atoms with Gasteiger partial charge in [-0.1, -0.05) is 34.6 Å². The Kier molecular flexibility index (Phi) is 6.04. The maximum Gasteiger partial charge on any atom is 0.226 e. The van der Waals surface area contributed by atoms with Crippen LogP contribution >= 0.6 is 0 Å². The van der Waals surface area contributed by atoms with E-state index in [0.29, 0.717) is 0 Å². The summed E-state index contributed by atoms with van der Waals surface area (Å²) in [6.07, 6.45) is 0. The average Bonchev–Trinajstić information content (AvgIpc) is 2.21. The zero-order chi connectivity index (χ0) is 15.5. The van der Waals surface area contributed by atoms with Crippen molar-refractivity contribution in [1.82, 2.24) is 9.80 Å². The molecule has 112 valence electrons. The largest absolute Gasteiger partial charge is 0.349 e. The summed E-state index contributed by atoms with van der Waals surface area (Å²) in [6, 6.07) is 0. The van der Waals surface area contributed by atoms with Gasteiger partial charge in [0, 0.05) is 28.2 Å². The quantitative estimate of drug-likeness (QED) is 0.785. The fraction of sp³-hybridized carbons (Fsp3) is 0.867. The number of amides is 2. The van der Waals surface area contributed by atoms with Gasteiger partial charge in [0.2, 0.25) is 11.8 Å². The van der Waals surface area contributed by atoms with Crippen molar-refractivity contribution < 1.29 is 9.59 Å². The lowest BCUT2D eigenvalue weighted by Crippen LogP contribution is -2.48. The molecule has 2 unspecified atom stereocenters. The molecule has 0 fully saturated rings. The van der Waals surface area contributed by atoms with Crippen LogP contribution in [-0.4, -0.2) is 49.8 Å². The molecule has 4 nitrogen and oxygen atoms in total. The number of nitrogens with zero attached hydrogens (tertiary/aromatic N) is 2. The molecule has 0 rings (SSSR count). The molecule has 0 bridgehead atoms. The van der Waals surface area contributed by atoms with Gasteiger partial charge in [0.15, 0.2) is 0 Å². The molecule has 0 radical (unpaired) electrons. The number of hydrogen-bond donors (Lipinski definition) is 0. The topological polar surface area (TPSA) is 40.6 Å². The second kappa shape index (κ2) is 6.40.